The van der Waals surface area contributed by atoms with Crippen LogP contribution in [0.1, 0.15) is 49.0 Å². The highest BCUT2D eigenvalue weighted by molar-refractivity contribution is 9.10. The molecular formula is C12H19BrN6S. The molecule has 1 unspecified atom stereocenters. The fourth-order valence-corrected chi connectivity index (χ4v) is 3.42. The van der Waals surface area contributed by atoms with Gasteiger partial charge in [0.25, 0.3) is 0 Å². The molecule has 2 aromatic rings. The second kappa shape index (κ2) is 7.24. The number of hydrogen-bond acceptors (Lipinski definition) is 6. The third-order valence-corrected chi connectivity index (χ3v) is 4.43. The minimum absolute atomic E-state index is 0.0332. The first-order chi connectivity index (χ1) is 9.69. The molecule has 2 rings (SSSR count). The lowest BCUT2D eigenvalue weighted by Gasteiger charge is -2.18. The Labute approximate surface area is 131 Å². The quantitative estimate of drug-likeness (QED) is 0.823. The van der Waals surface area contributed by atoms with Crippen LogP contribution in [0.15, 0.2) is 4.60 Å². The summed E-state index contributed by atoms with van der Waals surface area (Å²) in [5.74, 6) is 0. The van der Waals surface area contributed by atoms with E-state index in [0.29, 0.717) is 0 Å². The van der Waals surface area contributed by atoms with Gasteiger partial charge in [0.2, 0.25) is 0 Å². The van der Waals surface area contributed by atoms with Gasteiger partial charge in [0.1, 0.15) is 0 Å². The van der Waals surface area contributed by atoms with Crippen LogP contribution in [-0.4, -0.2) is 31.1 Å². The van der Waals surface area contributed by atoms with Gasteiger partial charge < -0.3 is 5.32 Å². The Morgan fingerprint density at radius 1 is 1.30 bits per heavy atom. The molecule has 0 fully saturated rings. The van der Waals surface area contributed by atoms with Crippen molar-refractivity contribution in [3.8, 4) is 0 Å². The zero-order valence-electron chi connectivity index (χ0n) is 11.9. The molecule has 2 aromatic heterocycles. The molecule has 6 nitrogen and oxygen atoms in total. The van der Waals surface area contributed by atoms with Gasteiger partial charge in [-0.15, -0.1) is 10.2 Å². The van der Waals surface area contributed by atoms with Gasteiger partial charge in [-0.3, -0.25) is 0 Å². The predicted octanol–water partition coefficient (Wildman–Crippen LogP) is 2.47. The Morgan fingerprint density at radius 2 is 2.10 bits per heavy atom. The van der Waals surface area contributed by atoms with Gasteiger partial charge in [-0.25, -0.2) is 4.68 Å². The molecule has 0 spiro atoms. The normalized spacial score (nSPS) is 12.8. The predicted molar refractivity (Wildman–Crippen MR) is 82.7 cm³/mol. The first kappa shape index (κ1) is 15.5. The van der Waals surface area contributed by atoms with Crippen molar-refractivity contribution in [1.29, 1.82) is 0 Å². The monoisotopic (exact) mass is 358 g/mol. The standard InChI is InChI=1S/C12H19BrN6S/c1-4-6-8-11(20-18-15-8)9(14-7-5-2)10-12(13)16-17-19(10)3/h9,14H,4-7H2,1-3H3. The first-order valence-corrected chi connectivity index (χ1v) is 8.35. The van der Waals surface area contributed by atoms with E-state index in [1.165, 1.54) is 11.5 Å². The number of aryl methyl sites for hydroxylation is 2. The van der Waals surface area contributed by atoms with E-state index in [4.69, 9.17) is 0 Å². The minimum Gasteiger partial charge on any atom is -0.304 e. The number of nitrogens with one attached hydrogen (secondary N) is 1. The zero-order chi connectivity index (χ0) is 14.5. The molecule has 0 radical (unpaired) electrons. The summed E-state index contributed by atoms with van der Waals surface area (Å²) in [5.41, 5.74) is 2.08. The van der Waals surface area contributed by atoms with Crippen LogP contribution < -0.4 is 5.32 Å². The van der Waals surface area contributed by atoms with Crippen LogP contribution >= 0.6 is 27.5 Å². The van der Waals surface area contributed by atoms with Crippen LogP contribution in [0.2, 0.25) is 0 Å². The van der Waals surface area contributed by atoms with Crippen LogP contribution in [0.5, 0.6) is 0 Å². The molecule has 0 saturated heterocycles. The van der Waals surface area contributed by atoms with Crippen molar-refractivity contribution in [2.45, 2.75) is 39.2 Å². The molecule has 0 aliphatic heterocycles. The third-order valence-electron chi connectivity index (χ3n) is 3.03. The average molecular weight is 359 g/mol. The van der Waals surface area contributed by atoms with E-state index in [1.54, 1.807) is 4.68 Å². The van der Waals surface area contributed by atoms with E-state index < -0.39 is 0 Å². The molecular weight excluding hydrogens is 340 g/mol. The van der Waals surface area contributed by atoms with Gasteiger partial charge in [-0.1, -0.05) is 30.0 Å². The van der Waals surface area contributed by atoms with Crippen molar-refractivity contribution < 1.29 is 0 Å². The Kier molecular flexibility index (Phi) is 5.62. The van der Waals surface area contributed by atoms with Crippen molar-refractivity contribution in [2.24, 2.45) is 7.05 Å². The van der Waals surface area contributed by atoms with E-state index in [-0.39, 0.29) is 6.04 Å². The summed E-state index contributed by atoms with van der Waals surface area (Å²) < 4.78 is 6.69. The highest BCUT2D eigenvalue weighted by atomic mass is 79.9. The summed E-state index contributed by atoms with van der Waals surface area (Å²) in [7, 11) is 1.90. The minimum atomic E-state index is 0.0332. The molecule has 20 heavy (non-hydrogen) atoms. The maximum Gasteiger partial charge on any atom is 0.153 e. The Bertz CT molecular complexity index is 532. The third kappa shape index (κ3) is 3.24. The second-order valence-electron chi connectivity index (χ2n) is 4.61. The summed E-state index contributed by atoms with van der Waals surface area (Å²) in [4.78, 5) is 1.16. The number of rotatable bonds is 7. The van der Waals surface area contributed by atoms with E-state index in [0.717, 1.165) is 46.7 Å². The van der Waals surface area contributed by atoms with Crippen LogP contribution in [0.3, 0.4) is 0 Å². The summed E-state index contributed by atoms with van der Waals surface area (Å²) >= 11 is 4.94. The van der Waals surface area contributed by atoms with E-state index >= 15 is 0 Å². The van der Waals surface area contributed by atoms with Crippen molar-refractivity contribution >= 4 is 27.5 Å². The molecule has 0 aliphatic rings. The molecule has 0 saturated carbocycles. The lowest BCUT2D eigenvalue weighted by atomic mass is 10.1. The van der Waals surface area contributed by atoms with Crippen LogP contribution in [0.4, 0.5) is 0 Å². The molecule has 1 atom stereocenters. The summed E-state index contributed by atoms with van der Waals surface area (Å²) in [6.07, 6.45) is 3.07. The van der Waals surface area contributed by atoms with Gasteiger partial charge in [0, 0.05) is 7.05 Å². The van der Waals surface area contributed by atoms with Crippen LogP contribution in [0.25, 0.3) is 0 Å². The maximum atomic E-state index is 4.27. The summed E-state index contributed by atoms with van der Waals surface area (Å²) in [6, 6.07) is 0.0332. The molecule has 0 bridgehead atoms. The van der Waals surface area contributed by atoms with Gasteiger partial charge in [0.15, 0.2) is 4.60 Å². The molecule has 0 amide bonds. The number of nitrogens with zero attached hydrogens (tertiary/aromatic N) is 5. The average Bonchev–Trinajstić information content (AvgIpc) is 3.01. The Hall–Kier alpha value is -0.860. The Balaban J connectivity index is 2.39. The fraction of sp³-hybridized carbons (Fsp3) is 0.667. The maximum absolute atomic E-state index is 4.27. The van der Waals surface area contributed by atoms with Crippen molar-refractivity contribution in [3.05, 3.63) is 20.9 Å². The van der Waals surface area contributed by atoms with E-state index in [1.807, 2.05) is 7.05 Å². The van der Waals surface area contributed by atoms with Crippen molar-refractivity contribution in [1.82, 2.24) is 29.9 Å². The van der Waals surface area contributed by atoms with Gasteiger partial charge in [-0.2, -0.15) is 0 Å². The number of hydrogen-bond donors (Lipinski definition) is 1. The van der Waals surface area contributed by atoms with Crippen LogP contribution in [0, 0.1) is 0 Å². The highest BCUT2D eigenvalue weighted by Crippen LogP contribution is 2.30. The topological polar surface area (TPSA) is 68.5 Å². The van der Waals surface area contributed by atoms with Gasteiger partial charge in [0.05, 0.1) is 22.3 Å². The lowest BCUT2D eigenvalue weighted by Crippen LogP contribution is -2.25. The first-order valence-electron chi connectivity index (χ1n) is 6.78. The zero-order valence-corrected chi connectivity index (χ0v) is 14.3. The summed E-state index contributed by atoms with van der Waals surface area (Å²) in [6.45, 7) is 5.23. The smallest absolute Gasteiger partial charge is 0.153 e. The molecule has 8 heteroatoms. The second-order valence-corrected chi connectivity index (χ2v) is 6.15. The Morgan fingerprint density at radius 3 is 2.70 bits per heavy atom. The highest BCUT2D eigenvalue weighted by Gasteiger charge is 2.26. The van der Waals surface area contributed by atoms with E-state index in [9.17, 15) is 0 Å². The number of aromatic nitrogens is 5. The van der Waals surface area contributed by atoms with Gasteiger partial charge >= 0.3 is 0 Å². The molecule has 2 heterocycles. The van der Waals surface area contributed by atoms with Crippen molar-refractivity contribution in [3.63, 3.8) is 0 Å². The fourth-order valence-electron chi connectivity index (χ4n) is 2.09. The molecule has 110 valence electrons. The SMILES string of the molecule is CCCNC(c1snnc1CCC)c1c(Br)nnn1C. The van der Waals surface area contributed by atoms with Crippen LogP contribution in [-0.2, 0) is 13.5 Å². The lowest BCUT2D eigenvalue weighted by molar-refractivity contribution is 0.551. The number of halogens is 1. The van der Waals surface area contributed by atoms with Crippen molar-refractivity contribution in [2.75, 3.05) is 6.54 Å². The summed E-state index contributed by atoms with van der Waals surface area (Å²) in [5, 5.41) is 16.0. The molecule has 1 N–H and O–H groups in total. The molecule has 0 aromatic carbocycles. The molecule has 0 aliphatic carbocycles. The largest absolute Gasteiger partial charge is 0.304 e. The van der Waals surface area contributed by atoms with Gasteiger partial charge in [-0.05, 0) is 46.8 Å². The van der Waals surface area contributed by atoms with E-state index in [2.05, 4.69) is 55.0 Å².